The third-order valence-electron chi connectivity index (χ3n) is 3.12. The topological polar surface area (TPSA) is 75.4 Å². The van der Waals surface area contributed by atoms with Crippen molar-refractivity contribution in [3.05, 3.63) is 24.3 Å². The second-order valence-electron chi connectivity index (χ2n) is 4.64. The normalized spacial score (nSPS) is 14.8. The Morgan fingerprint density at radius 1 is 1.42 bits per heavy atom. The highest BCUT2D eigenvalue weighted by atomic mass is 16.2. The van der Waals surface area contributed by atoms with Crippen LogP contribution in [-0.4, -0.2) is 24.9 Å². The first-order valence-corrected chi connectivity index (χ1v) is 6.61. The zero-order chi connectivity index (χ0) is 13.7. The number of hydrogen-bond acceptors (Lipinski definition) is 3. The molecule has 0 radical (unpaired) electrons. The van der Waals surface area contributed by atoms with E-state index >= 15 is 0 Å². The molecule has 0 atom stereocenters. The highest BCUT2D eigenvalue weighted by Gasteiger charge is 2.21. The number of benzene rings is 1. The summed E-state index contributed by atoms with van der Waals surface area (Å²) in [7, 11) is 0. The summed E-state index contributed by atoms with van der Waals surface area (Å²) in [6.07, 6.45) is 2.60. The molecule has 1 aromatic rings. The Bertz CT molecular complexity index is 474. The molecule has 1 aliphatic rings. The van der Waals surface area contributed by atoms with Crippen molar-refractivity contribution >= 4 is 23.2 Å². The molecule has 1 aromatic carbocycles. The highest BCUT2D eigenvalue weighted by Crippen LogP contribution is 2.24. The summed E-state index contributed by atoms with van der Waals surface area (Å²) >= 11 is 0. The van der Waals surface area contributed by atoms with E-state index in [1.807, 2.05) is 24.3 Å². The van der Waals surface area contributed by atoms with Gasteiger partial charge in [-0.2, -0.15) is 0 Å². The average molecular weight is 261 g/mol. The molecule has 0 aliphatic carbocycles. The maximum absolute atomic E-state index is 11.7. The summed E-state index contributed by atoms with van der Waals surface area (Å²) in [5.41, 5.74) is 6.94. The molecule has 0 unspecified atom stereocenters. The van der Waals surface area contributed by atoms with Gasteiger partial charge in [0.05, 0.1) is 0 Å². The zero-order valence-corrected chi connectivity index (χ0v) is 10.9. The lowest BCUT2D eigenvalue weighted by Gasteiger charge is -2.16. The number of hydrogen-bond donors (Lipinski definition) is 2. The van der Waals surface area contributed by atoms with Crippen LogP contribution in [0.2, 0.25) is 0 Å². The molecule has 5 heteroatoms. The Morgan fingerprint density at radius 2 is 2.26 bits per heavy atom. The molecule has 2 rings (SSSR count). The predicted octanol–water partition coefficient (Wildman–Crippen LogP) is 1.49. The van der Waals surface area contributed by atoms with Gasteiger partial charge in [-0.3, -0.25) is 9.59 Å². The fraction of sp³-hybridized carbons (Fsp3) is 0.429. The van der Waals surface area contributed by atoms with Crippen molar-refractivity contribution < 1.29 is 9.59 Å². The first-order chi connectivity index (χ1) is 9.20. The van der Waals surface area contributed by atoms with Crippen LogP contribution in [0.5, 0.6) is 0 Å². The summed E-state index contributed by atoms with van der Waals surface area (Å²) in [6, 6.07) is 7.40. The molecule has 1 saturated heterocycles. The van der Waals surface area contributed by atoms with Crippen molar-refractivity contribution in [2.24, 2.45) is 5.73 Å². The Labute approximate surface area is 112 Å². The van der Waals surface area contributed by atoms with Gasteiger partial charge in [-0.05, 0) is 37.6 Å². The van der Waals surface area contributed by atoms with Crippen LogP contribution >= 0.6 is 0 Å². The van der Waals surface area contributed by atoms with Crippen LogP contribution < -0.4 is 16.0 Å². The Morgan fingerprint density at radius 3 is 2.95 bits per heavy atom. The highest BCUT2D eigenvalue weighted by molar-refractivity contribution is 5.97. The van der Waals surface area contributed by atoms with Crippen molar-refractivity contribution in [2.45, 2.75) is 25.7 Å². The largest absolute Gasteiger partial charge is 0.330 e. The summed E-state index contributed by atoms with van der Waals surface area (Å²) in [5.74, 6) is 0.0990. The lowest BCUT2D eigenvalue weighted by molar-refractivity contribution is -0.117. The summed E-state index contributed by atoms with van der Waals surface area (Å²) in [5, 5.41) is 2.82. The van der Waals surface area contributed by atoms with Gasteiger partial charge < -0.3 is 16.0 Å². The van der Waals surface area contributed by atoms with Gasteiger partial charge in [-0.15, -0.1) is 0 Å². The van der Waals surface area contributed by atoms with Crippen LogP contribution in [0.15, 0.2) is 24.3 Å². The molecule has 0 saturated carbocycles. The van der Waals surface area contributed by atoms with E-state index < -0.39 is 0 Å². The maximum atomic E-state index is 11.7. The number of carbonyl (C=O) groups is 2. The number of nitrogens with zero attached hydrogens (tertiary/aromatic N) is 1. The first-order valence-electron chi connectivity index (χ1n) is 6.61. The standard InChI is InChI=1S/C14H19N3O2/c15-8-2-6-13(18)16-11-4-1-5-12(10-11)17-9-3-7-14(17)19/h1,4-5,10H,2-3,6-9,15H2,(H,16,18). The van der Waals surface area contributed by atoms with Gasteiger partial charge >= 0.3 is 0 Å². The number of nitrogens with two attached hydrogens (primary N) is 1. The molecule has 3 N–H and O–H groups in total. The van der Waals surface area contributed by atoms with Gasteiger partial charge in [0, 0.05) is 30.8 Å². The number of amides is 2. The fourth-order valence-corrected chi connectivity index (χ4v) is 2.16. The lowest BCUT2D eigenvalue weighted by atomic mass is 10.2. The minimum atomic E-state index is -0.0460. The molecule has 2 amide bonds. The lowest BCUT2D eigenvalue weighted by Crippen LogP contribution is -2.23. The van der Waals surface area contributed by atoms with Crippen LogP contribution in [0.25, 0.3) is 0 Å². The number of carbonyl (C=O) groups excluding carboxylic acids is 2. The fourth-order valence-electron chi connectivity index (χ4n) is 2.16. The van der Waals surface area contributed by atoms with E-state index in [-0.39, 0.29) is 11.8 Å². The van der Waals surface area contributed by atoms with Gasteiger partial charge in [-0.25, -0.2) is 0 Å². The minimum absolute atomic E-state index is 0.0460. The van der Waals surface area contributed by atoms with E-state index in [0.29, 0.717) is 25.8 Å². The quantitative estimate of drug-likeness (QED) is 0.843. The third-order valence-corrected chi connectivity index (χ3v) is 3.12. The summed E-state index contributed by atoms with van der Waals surface area (Å²) in [4.78, 5) is 25.1. The summed E-state index contributed by atoms with van der Waals surface area (Å²) in [6.45, 7) is 1.26. The van der Waals surface area contributed by atoms with E-state index in [4.69, 9.17) is 5.73 Å². The molecule has 0 spiro atoms. The zero-order valence-electron chi connectivity index (χ0n) is 10.9. The van der Waals surface area contributed by atoms with E-state index in [1.165, 1.54) is 0 Å². The average Bonchev–Trinajstić information content (AvgIpc) is 2.83. The van der Waals surface area contributed by atoms with E-state index in [2.05, 4.69) is 5.32 Å². The van der Waals surface area contributed by atoms with Gasteiger partial charge in [0.1, 0.15) is 0 Å². The second-order valence-corrected chi connectivity index (χ2v) is 4.64. The molecule has 19 heavy (non-hydrogen) atoms. The molecule has 1 heterocycles. The van der Waals surface area contributed by atoms with Crippen LogP contribution in [0, 0.1) is 0 Å². The SMILES string of the molecule is NCCCC(=O)Nc1cccc(N2CCCC2=O)c1. The van der Waals surface area contributed by atoms with Crippen molar-refractivity contribution in [1.29, 1.82) is 0 Å². The Kier molecular flexibility index (Phi) is 4.52. The summed E-state index contributed by atoms with van der Waals surface area (Å²) < 4.78 is 0. The van der Waals surface area contributed by atoms with E-state index in [9.17, 15) is 9.59 Å². The Hall–Kier alpha value is -1.88. The molecular formula is C14H19N3O2. The molecular weight excluding hydrogens is 242 g/mol. The van der Waals surface area contributed by atoms with Crippen LogP contribution in [-0.2, 0) is 9.59 Å². The molecule has 1 fully saturated rings. The molecule has 102 valence electrons. The smallest absolute Gasteiger partial charge is 0.227 e. The predicted molar refractivity (Wildman–Crippen MR) is 74.9 cm³/mol. The van der Waals surface area contributed by atoms with Crippen molar-refractivity contribution in [2.75, 3.05) is 23.3 Å². The Balaban J connectivity index is 2.02. The van der Waals surface area contributed by atoms with Gasteiger partial charge in [0.25, 0.3) is 0 Å². The number of rotatable bonds is 5. The van der Waals surface area contributed by atoms with Crippen LogP contribution in [0.1, 0.15) is 25.7 Å². The van der Waals surface area contributed by atoms with Gasteiger partial charge in [0.15, 0.2) is 0 Å². The van der Waals surface area contributed by atoms with Crippen molar-refractivity contribution in [3.63, 3.8) is 0 Å². The van der Waals surface area contributed by atoms with Gasteiger partial charge in [-0.1, -0.05) is 6.07 Å². The van der Waals surface area contributed by atoms with E-state index in [0.717, 1.165) is 24.3 Å². The molecule has 0 aromatic heterocycles. The number of nitrogens with one attached hydrogen (secondary N) is 1. The maximum Gasteiger partial charge on any atom is 0.227 e. The second kappa shape index (κ2) is 6.33. The first kappa shape index (κ1) is 13.5. The third kappa shape index (κ3) is 3.54. The van der Waals surface area contributed by atoms with Gasteiger partial charge in [0.2, 0.25) is 11.8 Å². The molecule has 1 aliphatic heterocycles. The number of anilines is 2. The van der Waals surface area contributed by atoms with Crippen LogP contribution in [0.4, 0.5) is 11.4 Å². The van der Waals surface area contributed by atoms with Crippen molar-refractivity contribution in [1.82, 2.24) is 0 Å². The monoisotopic (exact) mass is 261 g/mol. The minimum Gasteiger partial charge on any atom is -0.330 e. The van der Waals surface area contributed by atoms with E-state index in [1.54, 1.807) is 4.90 Å². The van der Waals surface area contributed by atoms with Crippen molar-refractivity contribution in [3.8, 4) is 0 Å². The molecule has 5 nitrogen and oxygen atoms in total. The molecule has 0 bridgehead atoms. The van der Waals surface area contributed by atoms with Crippen LogP contribution in [0.3, 0.4) is 0 Å².